The van der Waals surface area contributed by atoms with Crippen molar-refractivity contribution in [1.82, 2.24) is 5.32 Å². The van der Waals surface area contributed by atoms with Gasteiger partial charge in [0.15, 0.2) is 11.5 Å². The van der Waals surface area contributed by atoms with Crippen molar-refractivity contribution in [1.29, 1.82) is 0 Å². The summed E-state index contributed by atoms with van der Waals surface area (Å²) >= 11 is 9.83. The quantitative estimate of drug-likeness (QED) is 0.292. The first-order chi connectivity index (χ1) is 14.4. The van der Waals surface area contributed by atoms with Gasteiger partial charge in [-0.1, -0.05) is 41.7 Å². The molecule has 1 heterocycles. The highest BCUT2D eigenvalue weighted by molar-refractivity contribution is 9.10. The average Bonchev–Trinajstić information content (AvgIpc) is 2.99. The first-order valence-corrected chi connectivity index (χ1v) is 11.4. The van der Waals surface area contributed by atoms with E-state index in [1.807, 2.05) is 38.1 Å². The molecule has 2 aromatic rings. The summed E-state index contributed by atoms with van der Waals surface area (Å²) in [6.45, 7) is 7.24. The molecule has 0 unspecified atom stereocenters. The number of benzene rings is 2. The number of nitrogens with one attached hydrogen (secondary N) is 1. The van der Waals surface area contributed by atoms with E-state index < -0.39 is 0 Å². The van der Waals surface area contributed by atoms with Gasteiger partial charge in [0.25, 0.3) is 5.91 Å². The van der Waals surface area contributed by atoms with Crippen LogP contribution in [0.3, 0.4) is 0 Å². The zero-order valence-electron chi connectivity index (χ0n) is 16.9. The highest BCUT2D eigenvalue weighted by Crippen LogP contribution is 2.38. The van der Waals surface area contributed by atoms with Crippen LogP contribution in [-0.4, -0.2) is 30.0 Å². The molecule has 30 heavy (non-hydrogen) atoms. The minimum absolute atomic E-state index is 0.192. The fourth-order valence-corrected chi connectivity index (χ4v) is 4.52. The predicted molar refractivity (Wildman–Crippen MR) is 129 cm³/mol. The third-order valence-electron chi connectivity index (χ3n) is 4.19. The maximum atomic E-state index is 11.9. The predicted octanol–water partition coefficient (Wildman–Crippen LogP) is 5.41. The second-order valence-electron chi connectivity index (χ2n) is 6.58. The molecule has 1 fully saturated rings. The van der Waals surface area contributed by atoms with E-state index in [9.17, 15) is 4.79 Å². The Balaban J connectivity index is 1.70. The van der Waals surface area contributed by atoms with Gasteiger partial charge >= 0.3 is 0 Å². The van der Waals surface area contributed by atoms with Gasteiger partial charge in [0, 0.05) is 0 Å². The number of amides is 1. The van der Waals surface area contributed by atoms with E-state index in [0.29, 0.717) is 40.5 Å². The van der Waals surface area contributed by atoms with Crippen molar-refractivity contribution in [3.05, 3.63) is 56.4 Å². The highest BCUT2D eigenvalue weighted by Gasteiger charge is 2.22. The van der Waals surface area contributed by atoms with Crippen LogP contribution in [0.4, 0.5) is 0 Å². The number of thiocarbonyl (C=S) groups is 1. The van der Waals surface area contributed by atoms with Crippen LogP contribution in [0.25, 0.3) is 6.08 Å². The molecule has 0 spiro atoms. The summed E-state index contributed by atoms with van der Waals surface area (Å²) in [5, 5.41) is 2.61. The van der Waals surface area contributed by atoms with E-state index in [-0.39, 0.29) is 5.91 Å². The number of hydrogen-bond acceptors (Lipinski definition) is 6. The Hall–Kier alpha value is -2.03. The number of ether oxygens (including phenoxy) is 3. The summed E-state index contributed by atoms with van der Waals surface area (Å²) in [5.41, 5.74) is 3.11. The van der Waals surface area contributed by atoms with Gasteiger partial charge in [0.05, 0.1) is 16.0 Å². The fraction of sp³-hybridized carbons (Fsp3) is 0.273. The maximum Gasteiger partial charge on any atom is 0.263 e. The monoisotopic (exact) mass is 507 g/mol. The van der Waals surface area contributed by atoms with Crippen molar-refractivity contribution < 1.29 is 19.0 Å². The molecule has 0 bridgehead atoms. The molecular formula is C22H22BrNO4S2. The molecule has 158 valence electrons. The molecule has 1 N–H and O–H groups in total. The van der Waals surface area contributed by atoms with Crippen molar-refractivity contribution in [2.45, 2.75) is 20.8 Å². The fourth-order valence-electron chi connectivity index (χ4n) is 2.90. The Morgan fingerprint density at radius 2 is 1.87 bits per heavy atom. The minimum atomic E-state index is -0.192. The number of carbonyl (C=O) groups is 1. The van der Waals surface area contributed by atoms with Crippen LogP contribution in [-0.2, 0) is 4.79 Å². The van der Waals surface area contributed by atoms with Crippen LogP contribution in [0.1, 0.15) is 23.6 Å². The third-order valence-corrected chi connectivity index (χ3v) is 5.94. The summed E-state index contributed by atoms with van der Waals surface area (Å²) < 4.78 is 18.7. The molecule has 1 aliphatic heterocycles. The van der Waals surface area contributed by atoms with Crippen LogP contribution >= 0.6 is 39.9 Å². The van der Waals surface area contributed by atoms with Crippen molar-refractivity contribution >= 4 is 56.2 Å². The van der Waals surface area contributed by atoms with Crippen molar-refractivity contribution in [3.63, 3.8) is 0 Å². The maximum absolute atomic E-state index is 11.9. The number of aryl methyl sites for hydroxylation is 2. The summed E-state index contributed by atoms with van der Waals surface area (Å²) in [6.07, 6.45) is 1.78. The summed E-state index contributed by atoms with van der Waals surface area (Å²) in [5.74, 6) is 1.85. The molecule has 1 saturated heterocycles. The lowest BCUT2D eigenvalue weighted by atomic mass is 10.1. The van der Waals surface area contributed by atoms with E-state index in [1.54, 1.807) is 6.08 Å². The van der Waals surface area contributed by atoms with Crippen LogP contribution in [0, 0.1) is 13.8 Å². The number of thioether (sulfide) groups is 1. The average molecular weight is 508 g/mol. The molecular weight excluding hydrogens is 486 g/mol. The van der Waals surface area contributed by atoms with E-state index >= 15 is 0 Å². The molecule has 2 aromatic carbocycles. The first-order valence-electron chi connectivity index (χ1n) is 9.41. The Morgan fingerprint density at radius 1 is 1.10 bits per heavy atom. The SMILES string of the molecule is CCOc1cc(/C=C2/SC(=S)NC2=O)cc(Br)c1OCCOc1ccc(C)cc1C. The zero-order chi connectivity index (χ0) is 21.7. The Labute approximate surface area is 194 Å². The second kappa shape index (κ2) is 10.3. The molecule has 0 aromatic heterocycles. The second-order valence-corrected chi connectivity index (χ2v) is 9.15. The van der Waals surface area contributed by atoms with Crippen molar-refractivity contribution in [3.8, 4) is 17.2 Å². The van der Waals surface area contributed by atoms with Crippen molar-refractivity contribution in [2.24, 2.45) is 0 Å². The molecule has 3 rings (SSSR count). The van der Waals surface area contributed by atoms with Crippen LogP contribution in [0.5, 0.6) is 17.2 Å². The molecule has 0 radical (unpaired) electrons. The summed E-state index contributed by atoms with van der Waals surface area (Å²) in [7, 11) is 0. The van der Waals surface area contributed by atoms with Gasteiger partial charge in [-0.3, -0.25) is 4.79 Å². The van der Waals surface area contributed by atoms with E-state index in [4.69, 9.17) is 26.4 Å². The van der Waals surface area contributed by atoms with Gasteiger partial charge in [-0.05, 0) is 72.1 Å². The smallest absolute Gasteiger partial charge is 0.263 e. The lowest BCUT2D eigenvalue weighted by Crippen LogP contribution is -2.17. The third kappa shape index (κ3) is 5.77. The molecule has 1 amide bonds. The molecule has 1 aliphatic rings. The number of carbonyl (C=O) groups excluding carboxylic acids is 1. The normalized spacial score (nSPS) is 14.7. The molecule has 5 nitrogen and oxygen atoms in total. The Bertz CT molecular complexity index is 1010. The number of rotatable bonds is 8. The number of hydrogen-bond donors (Lipinski definition) is 1. The van der Waals surface area contributed by atoms with Crippen LogP contribution in [0.2, 0.25) is 0 Å². The van der Waals surface area contributed by atoms with Gasteiger partial charge in [0.1, 0.15) is 23.3 Å². The molecule has 0 aliphatic carbocycles. The van der Waals surface area contributed by atoms with Crippen LogP contribution in [0.15, 0.2) is 39.7 Å². The van der Waals surface area contributed by atoms with E-state index in [2.05, 4.69) is 34.2 Å². The lowest BCUT2D eigenvalue weighted by molar-refractivity contribution is -0.115. The van der Waals surface area contributed by atoms with Gasteiger partial charge in [0.2, 0.25) is 0 Å². The largest absolute Gasteiger partial charge is 0.490 e. The molecule has 0 saturated carbocycles. The Kier molecular flexibility index (Phi) is 7.80. The highest BCUT2D eigenvalue weighted by atomic mass is 79.9. The number of halogens is 1. The van der Waals surface area contributed by atoms with E-state index in [0.717, 1.165) is 21.3 Å². The van der Waals surface area contributed by atoms with Gasteiger partial charge in [-0.25, -0.2) is 0 Å². The van der Waals surface area contributed by atoms with E-state index in [1.165, 1.54) is 17.3 Å². The molecule has 8 heteroatoms. The standard InChI is InChI=1S/C22H22BrNO4S2/c1-4-26-18-11-15(12-19-21(25)24-22(29)30-19)10-16(23)20(18)28-8-7-27-17-6-5-13(2)9-14(17)3/h5-6,9-12H,4,7-8H2,1-3H3,(H,24,25,29)/b19-12+. The zero-order valence-corrected chi connectivity index (χ0v) is 20.1. The molecule has 0 atom stereocenters. The lowest BCUT2D eigenvalue weighted by Gasteiger charge is -2.15. The van der Waals surface area contributed by atoms with Gasteiger partial charge in [-0.15, -0.1) is 0 Å². The summed E-state index contributed by atoms with van der Waals surface area (Å²) in [6, 6.07) is 9.80. The van der Waals surface area contributed by atoms with Crippen molar-refractivity contribution in [2.75, 3.05) is 19.8 Å². The van der Waals surface area contributed by atoms with Gasteiger partial charge in [-0.2, -0.15) is 0 Å². The topological polar surface area (TPSA) is 56.8 Å². The first kappa shape index (κ1) is 22.7. The van der Waals surface area contributed by atoms with Crippen LogP contribution < -0.4 is 19.5 Å². The van der Waals surface area contributed by atoms with Gasteiger partial charge < -0.3 is 19.5 Å². The summed E-state index contributed by atoms with van der Waals surface area (Å²) in [4.78, 5) is 12.5. The Morgan fingerprint density at radius 3 is 2.53 bits per heavy atom. The minimum Gasteiger partial charge on any atom is -0.490 e.